The van der Waals surface area contributed by atoms with Gasteiger partial charge in [-0.15, -0.1) is 4.57 Å². The largest absolute Gasteiger partial charge is 0.673 e. The maximum absolute atomic E-state index is 9.75. The molecule has 0 saturated heterocycles. The Morgan fingerprint density at radius 3 is 2.00 bits per heavy atom. The molecule has 0 N–H and O–H groups in total. The summed E-state index contributed by atoms with van der Waals surface area (Å²) in [5.74, 6) is 1.01. The molecule has 166 valence electrons. The molecule has 4 rings (SSSR count). The van der Waals surface area contributed by atoms with Gasteiger partial charge in [0.05, 0.1) is 10.4 Å². The van der Waals surface area contributed by atoms with E-state index in [0.717, 1.165) is 0 Å². The Bertz CT molecular complexity index is 1010. The van der Waals surface area contributed by atoms with Crippen molar-refractivity contribution >= 4 is 18.6 Å². The summed E-state index contributed by atoms with van der Waals surface area (Å²) in [6.45, 7) is 9.23. The highest BCUT2D eigenvalue weighted by molar-refractivity contribution is 7.09. The number of benzene rings is 2. The topological polar surface area (TPSA) is 3.88 Å². The van der Waals surface area contributed by atoms with Gasteiger partial charge >= 0.3 is 7.25 Å². The lowest BCUT2D eigenvalue weighted by molar-refractivity contribution is -0.580. The molecule has 0 bridgehead atoms. The number of para-hydroxylation sites is 1. The number of aryl methyl sites for hydroxylation is 2. The molecule has 2 aromatic carbocycles. The number of aromatic nitrogens is 1. The van der Waals surface area contributed by atoms with E-state index in [1.165, 1.54) is 57.8 Å². The molecule has 1 nitrogen and oxygen atoms in total. The van der Waals surface area contributed by atoms with E-state index in [0.29, 0.717) is 11.8 Å². The summed E-state index contributed by atoms with van der Waals surface area (Å²) in [4.78, 5) is 1.53. The fourth-order valence-corrected chi connectivity index (χ4v) is 5.21. The average molecular weight is 449 g/mol. The highest BCUT2D eigenvalue weighted by Gasteiger charge is 2.31. The molecule has 3 aromatic rings. The van der Waals surface area contributed by atoms with Crippen molar-refractivity contribution in [2.24, 2.45) is 0 Å². The molecule has 1 heterocycles. The highest BCUT2D eigenvalue weighted by atomic mass is 32.1. The van der Waals surface area contributed by atoms with Crippen LogP contribution in [0.1, 0.15) is 67.5 Å². The molecule has 0 fully saturated rings. The Hall–Kier alpha value is -2.15. The Kier molecular flexibility index (Phi) is 7.25. The van der Waals surface area contributed by atoms with Crippen LogP contribution >= 0.6 is 11.3 Å². The van der Waals surface area contributed by atoms with Gasteiger partial charge < -0.3 is 17.3 Å². The summed E-state index contributed by atoms with van der Waals surface area (Å²) in [7, 11) is -6.00. The van der Waals surface area contributed by atoms with Gasteiger partial charge in [0.25, 0.3) is 0 Å². The SMILES string of the molecule is CC(C)c1cccc(C(C)C)c1-[n+]1csc2c1-c1ccccc1CCC2.F[B-](F)(F)F. The molecule has 0 aliphatic heterocycles. The first-order chi connectivity index (χ1) is 14.6. The zero-order chi connectivity index (χ0) is 22.8. The molecule has 0 radical (unpaired) electrons. The third-order valence-corrected chi connectivity index (χ3v) is 6.51. The van der Waals surface area contributed by atoms with E-state index >= 15 is 0 Å². The molecule has 1 aromatic heterocycles. The van der Waals surface area contributed by atoms with Gasteiger partial charge in [0.2, 0.25) is 16.9 Å². The third-order valence-electron chi connectivity index (χ3n) is 5.51. The Morgan fingerprint density at radius 2 is 1.42 bits per heavy atom. The molecule has 0 saturated carbocycles. The van der Waals surface area contributed by atoms with E-state index in [1.807, 2.05) is 11.3 Å². The van der Waals surface area contributed by atoms with Gasteiger partial charge in [0, 0.05) is 11.1 Å². The van der Waals surface area contributed by atoms with Crippen LogP contribution in [0.2, 0.25) is 0 Å². The van der Waals surface area contributed by atoms with Gasteiger partial charge in [-0.3, -0.25) is 0 Å². The number of hydrogen-bond acceptors (Lipinski definition) is 1. The number of nitrogens with zero attached hydrogens (tertiary/aromatic N) is 1. The van der Waals surface area contributed by atoms with Gasteiger partial charge in [-0.1, -0.05) is 75.4 Å². The normalized spacial score (nSPS) is 13.4. The van der Waals surface area contributed by atoms with Crippen molar-refractivity contribution in [2.45, 2.75) is 58.8 Å². The van der Waals surface area contributed by atoms with Gasteiger partial charge in [0.1, 0.15) is 0 Å². The monoisotopic (exact) mass is 449 g/mol. The lowest BCUT2D eigenvalue weighted by Gasteiger charge is -2.15. The predicted octanol–water partition coefficient (Wildman–Crippen LogP) is 7.73. The average Bonchev–Trinajstić information content (AvgIpc) is 3.00. The van der Waals surface area contributed by atoms with E-state index in [4.69, 9.17) is 0 Å². The molecule has 0 spiro atoms. The first-order valence-electron chi connectivity index (χ1n) is 10.7. The molecule has 0 unspecified atom stereocenters. The molecule has 1 aliphatic rings. The molecular formula is C24H28BF4NS. The fourth-order valence-electron chi connectivity index (χ4n) is 4.18. The van der Waals surface area contributed by atoms with Crippen molar-refractivity contribution in [1.82, 2.24) is 0 Å². The zero-order valence-electron chi connectivity index (χ0n) is 18.3. The minimum atomic E-state index is -6.00. The fraction of sp³-hybridized carbons (Fsp3) is 0.375. The quantitative estimate of drug-likeness (QED) is 0.219. The smallest absolute Gasteiger partial charge is 0.418 e. The Balaban J connectivity index is 0.000000491. The van der Waals surface area contributed by atoms with E-state index in [2.05, 4.69) is 80.2 Å². The minimum absolute atomic E-state index is 0.507. The van der Waals surface area contributed by atoms with Gasteiger partial charge in [-0.05, 0) is 42.7 Å². The van der Waals surface area contributed by atoms with E-state index in [1.54, 1.807) is 0 Å². The summed E-state index contributed by atoms with van der Waals surface area (Å²) < 4.78 is 41.5. The summed E-state index contributed by atoms with van der Waals surface area (Å²) >= 11 is 1.93. The lowest BCUT2D eigenvalue weighted by atomic mass is 9.92. The first kappa shape index (κ1) is 23.5. The second kappa shape index (κ2) is 9.55. The van der Waals surface area contributed by atoms with Crippen molar-refractivity contribution in [3.05, 3.63) is 69.5 Å². The molecule has 7 heteroatoms. The van der Waals surface area contributed by atoms with Crippen LogP contribution in [0.15, 0.2) is 48.0 Å². The summed E-state index contributed by atoms with van der Waals surface area (Å²) in [6, 6.07) is 15.8. The second-order valence-corrected chi connectivity index (χ2v) is 9.40. The van der Waals surface area contributed by atoms with Crippen LogP contribution in [0.5, 0.6) is 0 Å². The summed E-state index contributed by atoms with van der Waals surface area (Å²) in [6.07, 6.45) is 3.61. The number of hydrogen-bond donors (Lipinski definition) is 0. The Morgan fingerprint density at radius 1 is 0.839 bits per heavy atom. The maximum atomic E-state index is 9.75. The second-order valence-electron chi connectivity index (χ2n) is 8.47. The van der Waals surface area contributed by atoms with Crippen LogP contribution in [0.4, 0.5) is 17.3 Å². The van der Waals surface area contributed by atoms with Crippen molar-refractivity contribution in [2.75, 3.05) is 0 Å². The van der Waals surface area contributed by atoms with Crippen LogP contribution in [-0.2, 0) is 12.8 Å². The predicted molar refractivity (Wildman–Crippen MR) is 122 cm³/mol. The number of fused-ring (bicyclic) bond motifs is 3. The van der Waals surface area contributed by atoms with Crippen LogP contribution in [-0.4, -0.2) is 7.25 Å². The molecule has 0 amide bonds. The summed E-state index contributed by atoms with van der Waals surface area (Å²) in [5, 5.41) is 0. The van der Waals surface area contributed by atoms with E-state index in [9.17, 15) is 17.3 Å². The summed E-state index contributed by atoms with van der Waals surface area (Å²) in [5.41, 5.74) is 11.0. The van der Waals surface area contributed by atoms with Gasteiger partial charge in [-0.25, -0.2) is 0 Å². The molecular weight excluding hydrogens is 421 g/mol. The van der Waals surface area contributed by atoms with Crippen LogP contribution in [0.3, 0.4) is 0 Å². The van der Waals surface area contributed by atoms with Crippen LogP contribution in [0, 0.1) is 0 Å². The molecule has 31 heavy (non-hydrogen) atoms. The first-order valence-corrected chi connectivity index (χ1v) is 11.6. The van der Waals surface area contributed by atoms with Gasteiger partial charge in [-0.2, -0.15) is 0 Å². The zero-order valence-corrected chi connectivity index (χ0v) is 19.2. The van der Waals surface area contributed by atoms with Crippen molar-refractivity contribution in [3.8, 4) is 16.9 Å². The third kappa shape index (κ3) is 5.56. The lowest BCUT2D eigenvalue weighted by Crippen LogP contribution is -2.34. The van der Waals surface area contributed by atoms with Crippen molar-refractivity contribution in [3.63, 3.8) is 0 Å². The molecule has 1 aliphatic carbocycles. The van der Waals surface area contributed by atoms with Crippen LogP contribution < -0.4 is 4.57 Å². The highest BCUT2D eigenvalue weighted by Crippen LogP contribution is 2.36. The van der Waals surface area contributed by atoms with Crippen molar-refractivity contribution in [1.29, 1.82) is 0 Å². The Labute approximate surface area is 185 Å². The van der Waals surface area contributed by atoms with Gasteiger partial charge in [0.15, 0.2) is 0 Å². The maximum Gasteiger partial charge on any atom is 0.673 e. The van der Waals surface area contributed by atoms with Crippen molar-refractivity contribution < 1.29 is 21.8 Å². The number of rotatable bonds is 3. The van der Waals surface area contributed by atoms with E-state index in [-0.39, 0.29) is 0 Å². The molecule has 0 atom stereocenters. The standard InChI is InChI=1S/C24H28NS.BF4/c1-16(2)19-12-8-13-20(17(3)4)23(19)25-15-26-22-14-7-10-18-9-5-6-11-21(18)24(22)25;2-1(3,4)5/h5-6,8-9,11-13,15-17H,7,10,14H2,1-4H3;/q+1;-1. The number of thiazole rings is 1. The number of halogens is 4. The van der Waals surface area contributed by atoms with Crippen LogP contribution in [0.25, 0.3) is 16.9 Å². The minimum Gasteiger partial charge on any atom is -0.418 e. The van der Waals surface area contributed by atoms with E-state index < -0.39 is 7.25 Å².